The van der Waals surface area contributed by atoms with Crippen LogP contribution >= 0.6 is 11.3 Å². The zero-order valence-electron chi connectivity index (χ0n) is 18.2. The molecule has 0 aliphatic rings. The molecule has 0 saturated heterocycles. The van der Waals surface area contributed by atoms with Gasteiger partial charge in [-0.25, -0.2) is 0 Å². The van der Waals surface area contributed by atoms with Crippen LogP contribution in [0.5, 0.6) is 0 Å². The molecule has 5 aromatic rings. The monoisotopic (exact) mass is 437 g/mol. The SMILES string of the molecule is C/C=C\C=C(\c1ccc(C)s1)c1cc(-c2n[nH]c3cnc(-c4cccnc4)cc23)[nH]c1C. The van der Waals surface area contributed by atoms with Crippen LogP contribution in [0.1, 0.15) is 27.9 Å². The van der Waals surface area contributed by atoms with E-state index in [1.807, 2.05) is 31.5 Å². The Bertz CT molecular complexity index is 1450. The van der Waals surface area contributed by atoms with E-state index in [2.05, 4.69) is 81.5 Å². The number of hydrogen-bond acceptors (Lipinski definition) is 4. The Hall–Kier alpha value is -3.77. The molecule has 0 amide bonds. The molecule has 0 bridgehead atoms. The molecule has 5 aromatic heterocycles. The molecule has 32 heavy (non-hydrogen) atoms. The van der Waals surface area contributed by atoms with Gasteiger partial charge < -0.3 is 4.98 Å². The largest absolute Gasteiger partial charge is 0.357 e. The zero-order valence-corrected chi connectivity index (χ0v) is 19.0. The molecule has 0 radical (unpaired) electrons. The predicted molar refractivity (Wildman–Crippen MR) is 133 cm³/mol. The fourth-order valence-electron chi connectivity index (χ4n) is 3.84. The molecule has 6 heteroatoms. The summed E-state index contributed by atoms with van der Waals surface area (Å²) < 4.78 is 0. The van der Waals surface area contributed by atoms with Crippen molar-refractivity contribution in [2.75, 3.05) is 0 Å². The standard InChI is InChI=1S/C26H23N5S/c1-4-5-8-19(25-10-9-16(2)32-25)20-12-23(29-17(20)3)26-21-13-22(18-7-6-11-27-14-18)28-15-24(21)30-31-26/h4-15,29H,1-3H3,(H,30,31)/b5-4-,19-8+. The van der Waals surface area contributed by atoms with Gasteiger partial charge in [0.1, 0.15) is 5.69 Å². The fourth-order valence-corrected chi connectivity index (χ4v) is 4.74. The predicted octanol–water partition coefficient (Wildman–Crippen LogP) is 6.70. The van der Waals surface area contributed by atoms with Gasteiger partial charge in [0.05, 0.1) is 23.1 Å². The number of fused-ring (bicyclic) bond motifs is 1. The average Bonchev–Trinajstić information content (AvgIpc) is 3.53. The highest BCUT2D eigenvalue weighted by molar-refractivity contribution is 7.13. The van der Waals surface area contributed by atoms with Crippen molar-refractivity contribution in [2.24, 2.45) is 0 Å². The van der Waals surface area contributed by atoms with Crippen molar-refractivity contribution in [3.63, 3.8) is 0 Å². The number of pyridine rings is 2. The summed E-state index contributed by atoms with van der Waals surface area (Å²) in [6.45, 7) is 6.29. The number of thiophene rings is 1. The summed E-state index contributed by atoms with van der Waals surface area (Å²) in [5.41, 5.74) is 8.12. The minimum atomic E-state index is 0.875. The number of aromatic nitrogens is 5. The molecule has 0 fully saturated rings. The van der Waals surface area contributed by atoms with E-state index in [0.29, 0.717) is 0 Å². The van der Waals surface area contributed by atoms with E-state index in [-0.39, 0.29) is 0 Å². The lowest BCUT2D eigenvalue weighted by Crippen LogP contribution is -1.85. The van der Waals surface area contributed by atoms with Crippen LogP contribution in [0.15, 0.2) is 73.2 Å². The highest BCUT2D eigenvalue weighted by Crippen LogP contribution is 2.35. The maximum atomic E-state index is 4.61. The molecule has 2 N–H and O–H groups in total. The summed E-state index contributed by atoms with van der Waals surface area (Å²) in [5.74, 6) is 0. The maximum Gasteiger partial charge on any atom is 0.116 e. The molecule has 158 valence electrons. The van der Waals surface area contributed by atoms with Crippen molar-refractivity contribution in [3.05, 3.63) is 94.2 Å². The van der Waals surface area contributed by atoms with Gasteiger partial charge in [-0.05, 0) is 57.2 Å². The van der Waals surface area contributed by atoms with Gasteiger partial charge in [0.15, 0.2) is 0 Å². The van der Waals surface area contributed by atoms with Crippen molar-refractivity contribution in [1.29, 1.82) is 0 Å². The van der Waals surface area contributed by atoms with Gasteiger partial charge in [0.2, 0.25) is 0 Å². The van der Waals surface area contributed by atoms with E-state index in [1.54, 1.807) is 17.5 Å². The summed E-state index contributed by atoms with van der Waals surface area (Å²) in [6.07, 6.45) is 11.7. The van der Waals surface area contributed by atoms with Crippen molar-refractivity contribution in [2.45, 2.75) is 20.8 Å². The second-order valence-electron chi connectivity index (χ2n) is 7.67. The number of allylic oxidation sites excluding steroid dienone is 3. The first-order chi connectivity index (χ1) is 15.6. The van der Waals surface area contributed by atoms with Gasteiger partial charge in [0.25, 0.3) is 0 Å². The molecule has 0 aliphatic carbocycles. The van der Waals surface area contributed by atoms with E-state index in [4.69, 9.17) is 0 Å². The number of aromatic amines is 2. The zero-order chi connectivity index (χ0) is 22.1. The van der Waals surface area contributed by atoms with E-state index in [1.165, 1.54) is 20.9 Å². The van der Waals surface area contributed by atoms with Gasteiger partial charge in [-0.2, -0.15) is 5.10 Å². The van der Waals surface area contributed by atoms with E-state index >= 15 is 0 Å². The molecule has 0 aliphatic heterocycles. The molecule has 5 nitrogen and oxygen atoms in total. The quantitative estimate of drug-likeness (QED) is 0.301. The van der Waals surface area contributed by atoms with E-state index in [9.17, 15) is 0 Å². The number of H-pyrrole nitrogens is 2. The van der Waals surface area contributed by atoms with Crippen molar-refractivity contribution >= 4 is 27.8 Å². The van der Waals surface area contributed by atoms with Crippen LogP contribution < -0.4 is 0 Å². The Morgan fingerprint density at radius 1 is 1.09 bits per heavy atom. The van der Waals surface area contributed by atoms with Crippen LogP contribution in [0.25, 0.3) is 39.1 Å². The third-order valence-electron chi connectivity index (χ3n) is 5.43. The normalized spacial score (nSPS) is 12.3. The molecule has 0 spiro atoms. The Balaban J connectivity index is 1.61. The van der Waals surface area contributed by atoms with Crippen LogP contribution in [0.4, 0.5) is 0 Å². The highest BCUT2D eigenvalue weighted by atomic mass is 32.1. The Morgan fingerprint density at radius 2 is 2.00 bits per heavy atom. The topological polar surface area (TPSA) is 70.2 Å². The second-order valence-corrected chi connectivity index (χ2v) is 8.96. The first-order valence-electron chi connectivity index (χ1n) is 10.5. The fraction of sp³-hybridized carbons (Fsp3) is 0.115. The maximum absolute atomic E-state index is 4.61. The van der Waals surface area contributed by atoms with Crippen LogP contribution in [0, 0.1) is 13.8 Å². The van der Waals surface area contributed by atoms with Crippen molar-refractivity contribution < 1.29 is 0 Å². The first-order valence-corrected chi connectivity index (χ1v) is 11.3. The smallest absolute Gasteiger partial charge is 0.116 e. The Kier molecular flexibility index (Phi) is 5.29. The summed E-state index contributed by atoms with van der Waals surface area (Å²) in [7, 11) is 0. The van der Waals surface area contributed by atoms with E-state index in [0.717, 1.165) is 39.2 Å². The molecular formula is C26H23N5S. The molecular weight excluding hydrogens is 414 g/mol. The van der Waals surface area contributed by atoms with Gasteiger partial charge in [-0.3, -0.25) is 15.1 Å². The lowest BCUT2D eigenvalue weighted by atomic mass is 10.0. The molecule has 5 rings (SSSR count). The third-order valence-corrected chi connectivity index (χ3v) is 6.46. The summed E-state index contributed by atoms with van der Waals surface area (Å²) in [4.78, 5) is 14.9. The van der Waals surface area contributed by atoms with Gasteiger partial charge in [-0.15, -0.1) is 11.3 Å². The minimum absolute atomic E-state index is 0.875. The average molecular weight is 438 g/mol. The molecule has 5 heterocycles. The lowest BCUT2D eigenvalue weighted by molar-refractivity contribution is 1.11. The van der Waals surface area contributed by atoms with Gasteiger partial charge >= 0.3 is 0 Å². The second kappa shape index (κ2) is 8.40. The molecule has 0 atom stereocenters. The van der Waals surface area contributed by atoms with Crippen LogP contribution in [-0.2, 0) is 0 Å². The lowest BCUT2D eigenvalue weighted by Gasteiger charge is -2.04. The molecule has 0 unspecified atom stereocenters. The number of aryl methyl sites for hydroxylation is 2. The third kappa shape index (κ3) is 3.69. The Morgan fingerprint density at radius 3 is 2.75 bits per heavy atom. The first kappa shape index (κ1) is 20.2. The van der Waals surface area contributed by atoms with Crippen LogP contribution in [0.3, 0.4) is 0 Å². The summed E-state index contributed by atoms with van der Waals surface area (Å²) in [6, 6.07) is 12.6. The van der Waals surface area contributed by atoms with Crippen molar-refractivity contribution in [3.8, 4) is 22.6 Å². The van der Waals surface area contributed by atoms with E-state index < -0.39 is 0 Å². The molecule has 0 aromatic carbocycles. The van der Waals surface area contributed by atoms with Gasteiger partial charge in [0, 0.05) is 49.9 Å². The summed E-state index contributed by atoms with van der Waals surface area (Å²) >= 11 is 1.81. The number of nitrogens with zero attached hydrogens (tertiary/aromatic N) is 3. The number of rotatable bonds is 5. The highest BCUT2D eigenvalue weighted by Gasteiger charge is 2.17. The Labute approximate surface area is 190 Å². The van der Waals surface area contributed by atoms with Crippen LogP contribution in [-0.4, -0.2) is 25.1 Å². The minimum Gasteiger partial charge on any atom is -0.357 e. The van der Waals surface area contributed by atoms with Gasteiger partial charge in [-0.1, -0.05) is 18.2 Å². The number of hydrogen-bond donors (Lipinski definition) is 2. The number of nitrogens with one attached hydrogen (secondary N) is 2. The van der Waals surface area contributed by atoms with Crippen molar-refractivity contribution in [1.82, 2.24) is 25.1 Å². The summed E-state index contributed by atoms with van der Waals surface area (Å²) in [5, 5.41) is 8.76. The molecule has 0 saturated carbocycles. The van der Waals surface area contributed by atoms with Crippen LogP contribution in [0.2, 0.25) is 0 Å².